The van der Waals surface area contributed by atoms with Crippen LogP contribution in [0.25, 0.3) is 0 Å². The van der Waals surface area contributed by atoms with Crippen molar-refractivity contribution in [3.8, 4) is 0 Å². The number of rotatable bonds is 9. The van der Waals surface area contributed by atoms with Gasteiger partial charge < -0.3 is 16.2 Å². The minimum atomic E-state index is -3.22. The molecule has 4 N–H and O–H groups in total. The maximum Gasteiger partial charge on any atom is 0.230 e. The van der Waals surface area contributed by atoms with Crippen molar-refractivity contribution in [1.29, 1.82) is 0 Å². The summed E-state index contributed by atoms with van der Waals surface area (Å²) < 4.78 is 73.6. The molecule has 1 aromatic heterocycles. The fourth-order valence-electron chi connectivity index (χ4n) is 2.48. The Morgan fingerprint density at radius 2 is 2.21 bits per heavy atom. The molecule has 0 saturated carbocycles. The van der Waals surface area contributed by atoms with Crippen molar-refractivity contribution in [1.82, 2.24) is 4.98 Å². The Kier molecular flexibility index (Phi) is 4.25. The number of aromatic nitrogens is 1. The van der Waals surface area contributed by atoms with Gasteiger partial charge in [-0.05, 0) is 49.4 Å². The summed E-state index contributed by atoms with van der Waals surface area (Å²) in [5, 5.41) is 15.6. The lowest BCUT2D eigenvalue weighted by molar-refractivity contribution is -0.115. The predicted molar refractivity (Wildman–Crippen MR) is 119 cm³/mol. The number of amides is 1. The molecule has 0 fully saturated rings. The van der Waals surface area contributed by atoms with Gasteiger partial charge in [0.15, 0.2) is 5.13 Å². The molecule has 3 rings (SSSR count). The molecule has 1 atom stereocenters. The number of carbonyl (C=O) groups is 1. The molecule has 0 spiro atoms. The molecule has 0 radical (unpaired) electrons. The number of anilines is 2. The highest BCUT2D eigenvalue weighted by Gasteiger charge is 2.08. The highest BCUT2D eigenvalue weighted by Crippen LogP contribution is 2.21. The topological polar surface area (TPSA) is 88.2 Å². The van der Waals surface area contributed by atoms with Gasteiger partial charge in [-0.2, -0.15) is 0 Å². The molecular weight excluding hydrogens is 382 g/mol. The summed E-state index contributed by atoms with van der Waals surface area (Å²) in [5.74, 6) is -0.312. The van der Waals surface area contributed by atoms with Crippen LogP contribution in [0.4, 0.5) is 10.8 Å². The number of nitrogen functional groups attached to an aromatic ring is 1. The van der Waals surface area contributed by atoms with Crippen LogP contribution >= 0.6 is 11.3 Å². The van der Waals surface area contributed by atoms with Crippen LogP contribution in [-0.4, -0.2) is 16.0 Å². The molecule has 0 saturated heterocycles. The Labute approximate surface area is 188 Å². The molecule has 5 nitrogen and oxygen atoms in total. The number of nitrogens with zero attached hydrogens (tertiary/aromatic N) is 1. The largest absolute Gasteiger partial charge is 0.388 e. The third kappa shape index (κ3) is 6.69. The second-order valence-electron chi connectivity index (χ2n) is 6.23. The van der Waals surface area contributed by atoms with E-state index in [-0.39, 0.29) is 24.3 Å². The van der Waals surface area contributed by atoms with Crippen LogP contribution in [0.1, 0.15) is 60.0 Å². The number of nitrogens with two attached hydrogens (primary N) is 1. The highest BCUT2D eigenvalue weighted by molar-refractivity contribution is 7.13. The van der Waals surface area contributed by atoms with Crippen LogP contribution in [0.5, 0.6) is 0 Å². The van der Waals surface area contributed by atoms with Crippen molar-refractivity contribution in [2.45, 2.75) is 45.0 Å². The van der Waals surface area contributed by atoms with Gasteiger partial charge in [0.25, 0.3) is 0 Å². The molecule has 0 unspecified atom stereocenters. The lowest BCUT2D eigenvalue weighted by Gasteiger charge is -2.11. The summed E-state index contributed by atoms with van der Waals surface area (Å²) in [4.78, 5) is 16.2. The first-order valence-corrected chi connectivity index (χ1v) is 9.71. The van der Waals surface area contributed by atoms with E-state index in [9.17, 15) is 9.90 Å². The van der Waals surface area contributed by atoms with Crippen LogP contribution in [0.3, 0.4) is 0 Å². The van der Waals surface area contributed by atoms with E-state index >= 15 is 0 Å². The van der Waals surface area contributed by atoms with Gasteiger partial charge in [-0.15, -0.1) is 11.3 Å². The van der Waals surface area contributed by atoms with E-state index in [1.54, 1.807) is 29.6 Å². The number of carbonyl (C=O) groups excluding carboxylic acids is 1. The maximum atomic E-state index is 12.2. The lowest BCUT2D eigenvalue weighted by Crippen LogP contribution is -2.14. The van der Waals surface area contributed by atoms with Crippen LogP contribution in [0.15, 0.2) is 53.8 Å². The van der Waals surface area contributed by atoms with E-state index in [1.165, 1.54) is 18.3 Å². The van der Waals surface area contributed by atoms with Crippen LogP contribution in [-0.2, 0) is 17.6 Å². The molecule has 1 heterocycles. The third-order valence-corrected chi connectivity index (χ3v) is 4.57. The Morgan fingerprint density at radius 1 is 1.41 bits per heavy atom. The molecule has 2 aromatic carbocycles. The Hall–Kier alpha value is -2.70. The number of thiazole rings is 1. The zero-order valence-electron chi connectivity index (χ0n) is 24.8. The Morgan fingerprint density at radius 3 is 2.93 bits per heavy atom. The quantitative estimate of drug-likeness (QED) is 0.471. The SMILES string of the molecule is [2H]c1c([2H])c(C)c([2H])c([C@@]([2H])(O)C([2H])([2H])CC([2H])([2H])Cc2ccc(NC(=O)Cc3csc(N)n3)cc2)c1[2H]. The average Bonchev–Trinajstić information content (AvgIpc) is 3.20. The lowest BCUT2D eigenvalue weighted by atomic mass is 10.00. The monoisotopic (exact) mass is 418 g/mol. The van der Waals surface area contributed by atoms with Crippen molar-refractivity contribution >= 4 is 28.1 Å². The second kappa shape index (κ2) is 10.2. The van der Waals surface area contributed by atoms with E-state index in [0.717, 1.165) is 0 Å². The van der Waals surface area contributed by atoms with Gasteiger partial charge in [-0.1, -0.05) is 48.3 Å². The molecule has 0 aliphatic heterocycles. The van der Waals surface area contributed by atoms with E-state index in [4.69, 9.17) is 18.1 Å². The minimum Gasteiger partial charge on any atom is -0.388 e. The normalized spacial score (nSPS) is 18.5. The zero-order valence-corrected chi connectivity index (χ0v) is 16.6. The van der Waals surface area contributed by atoms with E-state index < -0.39 is 55.0 Å². The van der Waals surface area contributed by atoms with Gasteiger partial charge in [0.05, 0.1) is 25.0 Å². The highest BCUT2D eigenvalue weighted by atomic mass is 32.1. The second-order valence-corrected chi connectivity index (χ2v) is 7.12. The first kappa shape index (κ1) is 12.1. The van der Waals surface area contributed by atoms with E-state index in [0.29, 0.717) is 22.1 Å². The Bertz CT molecular complexity index is 1320. The van der Waals surface area contributed by atoms with Crippen LogP contribution in [0.2, 0.25) is 0 Å². The first-order chi connectivity index (χ1) is 17.4. The molecule has 0 aliphatic carbocycles. The van der Waals surface area contributed by atoms with Gasteiger partial charge in [0, 0.05) is 16.6 Å². The molecule has 152 valence electrons. The molecule has 1 amide bonds. The zero-order chi connectivity index (χ0) is 28.6. The summed E-state index contributed by atoms with van der Waals surface area (Å²) in [6.07, 6.45) is -9.65. The summed E-state index contributed by atoms with van der Waals surface area (Å²) >= 11 is 1.23. The summed E-state index contributed by atoms with van der Waals surface area (Å²) in [5.41, 5.74) is 6.16. The van der Waals surface area contributed by atoms with Crippen molar-refractivity contribution in [2.75, 3.05) is 11.1 Å². The maximum absolute atomic E-state index is 12.2. The standard InChI is InChI=1S/C23H27N3O2S/c1-16-5-4-7-18(13-16)21(27)8-3-2-6-17-9-11-19(12-10-17)25-22(28)14-20-15-29-23(24)26-20/h4-5,7,9-13,15,21,27H,2-3,6,8,14H2,1H3,(H2,24,26)(H,25,28)/t21-/m0/s1/i2D2,4D,5D,7D,8D2,13D,21D. The van der Waals surface area contributed by atoms with E-state index in [1.807, 2.05) is 0 Å². The van der Waals surface area contributed by atoms with Gasteiger partial charge >= 0.3 is 0 Å². The van der Waals surface area contributed by atoms with E-state index in [2.05, 4.69) is 10.3 Å². The number of aryl methyl sites for hydroxylation is 1. The van der Waals surface area contributed by atoms with Crippen molar-refractivity contribution in [2.24, 2.45) is 0 Å². The molecule has 3 aromatic rings. The Balaban J connectivity index is 1.73. The predicted octanol–water partition coefficient (Wildman–Crippen LogP) is 4.66. The molecule has 0 bridgehead atoms. The molecule has 29 heavy (non-hydrogen) atoms. The first-order valence-electron chi connectivity index (χ1n) is 13.3. The summed E-state index contributed by atoms with van der Waals surface area (Å²) in [7, 11) is 0. The fourth-order valence-corrected chi connectivity index (χ4v) is 3.04. The van der Waals surface area contributed by atoms with Gasteiger partial charge in [-0.3, -0.25) is 4.79 Å². The average molecular weight is 419 g/mol. The fraction of sp³-hybridized carbons (Fsp3) is 0.304. The van der Waals surface area contributed by atoms with Gasteiger partial charge in [0.1, 0.15) is 0 Å². The number of hydrogen-bond acceptors (Lipinski definition) is 5. The van der Waals surface area contributed by atoms with Crippen molar-refractivity contribution < 1.29 is 22.2 Å². The summed E-state index contributed by atoms with van der Waals surface area (Å²) in [6.45, 7) is 1.30. The van der Waals surface area contributed by atoms with Crippen molar-refractivity contribution in [3.63, 3.8) is 0 Å². The molecule has 0 aliphatic rings. The van der Waals surface area contributed by atoms with Crippen LogP contribution in [0, 0.1) is 6.92 Å². The van der Waals surface area contributed by atoms with Crippen LogP contribution < -0.4 is 11.1 Å². The number of nitrogens with one attached hydrogen (secondary N) is 1. The molecular formula is C23H27N3O2S. The number of hydrogen-bond donors (Lipinski definition) is 3. The molecule has 6 heteroatoms. The van der Waals surface area contributed by atoms with Crippen molar-refractivity contribution in [3.05, 3.63) is 76.2 Å². The smallest absolute Gasteiger partial charge is 0.230 e. The third-order valence-electron chi connectivity index (χ3n) is 3.85. The van der Waals surface area contributed by atoms with Gasteiger partial charge in [-0.25, -0.2) is 4.98 Å². The number of aliphatic hydroxyl groups is 1. The minimum absolute atomic E-state index is 0.0367. The van der Waals surface area contributed by atoms with Gasteiger partial charge in [0.2, 0.25) is 5.91 Å². The number of benzene rings is 2. The summed E-state index contributed by atoms with van der Waals surface area (Å²) in [6, 6.07) is 3.75.